The van der Waals surface area contributed by atoms with Gasteiger partial charge in [0.25, 0.3) is 0 Å². The highest BCUT2D eigenvalue weighted by molar-refractivity contribution is 6.11. The topological polar surface area (TPSA) is 76.0 Å². The van der Waals surface area contributed by atoms with Gasteiger partial charge in [-0.25, -0.2) is 0 Å². The van der Waals surface area contributed by atoms with Crippen LogP contribution in [0.15, 0.2) is 97.1 Å². The summed E-state index contributed by atoms with van der Waals surface area (Å²) in [6, 6.07) is 30.9. The van der Waals surface area contributed by atoms with Crippen LogP contribution in [0.5, 0.6) is 11.5 Å². The number of hydrogen-bond donors (Lipinski definition) is 2. The molecule has 46 heavy (non-hydrogen) atoms. The summed E-state index contributed by atoms with van der Waals surface area (Å²) in [4.78, 5) is 13.7. The molecule has 2 N–H and O–H groups in total. The molecule has 0 bridgehead atoms. The SMILES string of the molecule is COC(Cc1ccccc1)(OC)c1ccccc1.O=C(c1cccc(O)c1C1CCCCC1)c1cccc(O)c1C1CCCCC1. The molecule has 6 rings (SSSR count). The number of rotatable bonds is 9. The van der Waals surface area contributed by atoms with Crippen molar-refractivity contribution in [2.75, 3.05) is 14.2 Å². The van der Waals surface area contributed by atoms with Gasteiger partial charge in [-0.2, -0.15) is 0 Å². The van der Waals surface area contributed by atoms with E-state index in [4.69, 9.17) is 9.47 Å². The number of phenolic OH excluding ortho intramolecular Hbond substituents is 2. The van der Waals surface area contributed by atoms with Crippen LogP contribution in [0.2, 0.25) is 0 Å². The standard InChI is InChI=1S/C25H30O3.C16H18O2/c26-21-15-7-13-19(23(21)17-9-3-1-4-10-17)25(28)20-14-8-16-22(27)24(20)18-11-5-2-6-12-18;1-17-16(18-2,15-11-7-4-8-12-15)13-14-9-5-3-6-10-14/h7-8,13-18,26-27H,1-6,9-12H2;3-12H,13H2,1-2H3. The van der Waals surface area contributed by atoms with Crippen molar-refractivity contribution in [2.45, 2.75) is 88.3 Å². The third kappa shape index (κ3) is 7.71. The Morgan fingerprint density at radius 1 is 0.609 bits per heavy atom. The zero-order valence-corrected chi connectivity index (χ0v) is 27.3. The van der Waals surface area contributed by atoms with Crippen molar-refractivity contribution in [1.29, 1.82) is 0 Å². The summed E-state index contributed by atoms with van der Waals surface area (Å²) in [6.45, 7) is 0. The lowest BCUT2D eigenvalue weighted by atomic mass is 9.77. The van der Waals surface area contributed by atoms with E-state index in [1.165, 1.54) is 18.4 Å². The minimum Gasteiger partial charge on any atom is -0.508 e. The van der Waals surface area contributed by atoms with Crippen molar-refractivity contribution in [2.24, 2.45) is 0 Å². The number of carbonyl (C=O) groups is 1. The molecule has 242 valence electrons. The Balaban J connectivity index is 0.000000200. The second-order valence-corrected chi connectivity index (χ2v) is 12.7. The smallest absolute Gasteiger partial charge is 0.198 e. The van der Waals surface area contributed by atoms with E-state index in [2.05, 4.69) is 12.1 Å². The van der Waals surface area contributed by atoms with Crippen molar-refractivity contribution >= 4 is 5.78 Å². The van der Waals surface area contributed by atoms with Gasteiger partial charge < -0.3 is 19.7 Å². The molecule has 0 saturated heterocycles. The maximum absolute atomic E-state index is 13.7. The third-order valence-electron chi connectivity index (χ3n) is 9.84. The Morgan fingerprint density at radius 3 is 1.48 bits per heavy atom. The van der Waals surface area contributed by atoms with Crippen molar-refractivity contribution in [3.05, 3.63) is 130 Å². The number of carbonyl (C=O) groups excluding carboxylic acids is 1. The largest absolute Gasteiger partial charge is 0.508 e. The first-order chi connectivity index (χ1) is 22.5. The Hall–Kier alpha value is -3.93. The van der Waals surface area contributed by atoms with Gasteiger partial charge in [0.15, 0.2) is 11.6 Å². The Labute approximate surface area is 274 Å². The molecule has 2 aliphatic carbocycles. The van der Waals surface area contributed by atoms with Gasteiger partial charge in [-0.1, -0.05) is 123 Å². The fourth-order valence-electron chi connectivity index (χ4n) is 7.41. The van der Waals surface area contributed by atoms with Crippen LogP contribution < -0.4 is 0 Å². The minimum atomic E-state index is -0.720. The predicted molar refractivity (Wildman–Crippen MR) is 184 cm³/mol. The summed E-state index contributed by atoms with van der Waals surface area (Å²) in [5.74, 6) is 0.165. The summed E-state index contributed by atoms with van der Waals surface area (Å²) in [7, 11) is 3.36. The van der Waals surface area contributed by atoms with E-state index >= 15 is 0 Å². The summed E-state index contributed by atoms with van der Waals surface area (Å²) in [5, 5.41) is 21.2. The van der Waals surface area contributed by atoms with Crippen molar-refractivity contribution in [3.8, 4) is 11.5 Å². The minimum absolute atomic E-state index is 0.0621. The van der Waals surface area contributed by atoms with Crippen LogP contribution >= 0.6 is 0 Å². The zero-order valence-electron chi connectivity index (χ0n) is 27.3. The highest BCUT2D eigenvalue weighted by Crippen LogP contribution is 2.43. The van der Waals surface area contributed by atoms with Crippen LogP contribution in [-0.2, 0) is 21.7 Å². The monoisotopic (exact) mass is 620 g/mol. The molecule has 4 aromatic carbocycles. The second-order valence-electron chi connectivity index (χ2n) is 12.7. The van der Waals surface area contributed by atoms with Gasteiger partial charge in [-0.3, -0.25) is 4.79 Å². The number of hydrogen-bond acceptors (Lipinski definition) is 5. The van der Waals surface area contributed by atoms with E-state index < -0.39 is 5.79 Å². The molecule has 0 spiro atoms. The fraction of sp³-hybridized carbons (Fsp3) is 0.390. The molecule has 2 fully saturated rings. The lowest BCUT2D eigenvalue weighted by Crippen LogP contribution is -2.33. The predicted octanol–water partition coefficient (Wildman–Crippen LogP) is 9.80. The lowest BCUT2D eigenvalue weighted by molar-refractivity contribution is -0.215. The summed E-state index contributed by atoms with van der Waals surface area (Å²) in [6.07, 6.45) is 11.8. The molecular weight excluding hydrogens is 572 g/mol. The third-order valence-corrected chi connectivity index (χ3v) is 9.84. The summed E-state index contributed by atoms with van der Waals surface area (Å²) < 4.78 is 11.3. The van der Waals surface area contributed by atoms with Crippen LogP contribution in [0.25, 0.3) is 0 Å². The number of ketones is 1. The van der Waals surface area contributed by atoms with Gasteiger partial charge in [0.05, 0.1) is 0 Å². The second kappa shape index (κ2) is 16.1. The van der Waals surface area contributed by atoms with Gasteiger partial charge in [0.2, 0.25) is 0 Å². The van der Waals surface area contributed by atoms with E-state index in [0.717, 1.165) is 68.1 Å². The molecule has 0 radical (unpaired) electrons. The average molecular weight is 621 g/mol. The molecule has 0 atom stereocenters. The molecule has 0 aliphatic heterocycles. The Kier molecular flexibility index (Phi) is 11.7. The number of aromatic hydroxyl groups is 2. The van der Waals surface area contributed by atoms with E-state index in [0.29, 0.717) is 17.5 Å². The molecular formula is C41H48O5. The highest BCUT2D eigenvalue weighted by atomic mass is 16.7. The van der Waals surface area contributed by atoms with Gasteiger partial charge in [-0.05, 0) is 55.2 Å². The first kappa shape index (κ1) is 33.4. The molecule has 0 aromatic heterocycles. The number of phenols is 2. The van der Waals surface area contributed by atoms with Crippen molar-refractivity contribution in [3.63, 3.8) is 0 Å². The number of ether oxygens (including phenoxy) is 2. The van der Waals surface area contributed by atoms with E-state index in [1.807, 2.05) is 60.7 Å². The number of methoxy groups -OCH3 is 2. The molecule has 0 unspecified atom stereocenters. The van der Waals surface area contributed by atoms with Crippen LogP contribution in [0.4, 0.5) is 0 Å². The van der Waals surface area contributed by atoms with E-state index in [1.54, 1.807) is 38.5 Å². The number of benzene rings is 4. The Morgan fingerprint density at radius 2 is 1.04 bits per heavy atom. The maximum Gasteiger partial charge on any atom is 0.198 e. The van der Waals surface area contributed by atoms with Crippen LogP contribution in [0, 0.1) is 0 Å². The first-order valence-electron chi connectivity index (χ1n) is 16.9. The zero-order chi connectivity index (χ0) is 32.4. The van der Waals surface area contributed by atoms with Crippen LogP contribution in [0.3, 0.4) is 0 Å². The molecule has 4 aromatic rings. The molecule has 0 heterocycles. The summed E-state index contributed by atoms with van der Waals surface area (Å²) in [5.41, 5.74) is 5.04. The van der Waals surface area contributed by atoms with Crippen LogP contribution in [-0.4, -0.2) is 30.2 Å². The van der Waals surface area contributed by atoms with E-state index in [9.17, 15) is 15.0 Å². The van der Waals surface area contributed by atoms with E-state index in [-0.39, 0.29) is 29.1 Å². The molecule has 2 saturated carbocycles. The highest BCUT2D eigenvalue weighted by Gasteiger charge is 2.32. The normalized spacial score (nSPS) is 16.0. The fourth-order valence-corrected chi connectivity index (χ4v) is 7.41. The quantitative estimate of drug-likeness (QED) is 0.144. The molecule has 5 heteroatoms. The summed E-state index contributed by atoms with van der Waals surface area (Å²) >= 11 is 0. The van der Waals surface area contributed by atoms with Crippen molar-refractivity contribution < 1.29 is 24.5 Å². The lowest BCUT2D eigenvalue weighted by Gasteiger charge is -2.31. The van der Waals surface area contributed by atoms with Gasteiger partial charge in [-0.15, -0.1) is 0 Å². The molecule has 2 aliphatic rings. The van der Waals surface area contributed by atoms with Gasteiger partial charge in [0.1, 0.15) is 11.5 Å². The van der Waals surface area contributed by atoms with Crippen molar-refractivity contribution in [1.82, 2.24) is 0 Å². The van der Waals surface area contributed by atoms with Gasteiger partial charge >= 0.3 is 0 Å². The molecule has 5 nitrogen and oxygen atoms in total. The molecule has 0 amide bonds. The maximum atomic E-state index is 13.7. The average Bonchev–Trinajstić information content (AvgIpc) is 3.12. The van der Waals surface area contributed by atoms with Crippen LogP contribution in [0.1, 0.15) is 114 Å². The first-order valence-corrected chi connectivity index (χ1v) is 16.9. The van der Waals surface area contributed by atoms with Gasteiger partial charge in [0, 0.05) is 48.5 Å². The Bertz CT molecular complexity index is 1460.